The molecule has 3 atom stereocenters. The lowest BCUT2D eigenvalue weighted by molar-refractivity contribution is -0.204. The quantitative estimate of drug-likeness (QED) is 0.677. The molecule has 2 heteroatoms. The van der Waals surface area contributed by atoms with Crippen molar-refractivity contribution in [1.29, 1.82) is 0 Å². The topological polar surface area (TPSA) is 18.5 Å². The zero-order valence-electron chi connectivity index (χ0n) is 11.1. The third-order valence-electron chi connectivity index (χ3n) is 3.63. The van der Waals surface area contributed by atoms with E-state index in [0.29, 0.717) is 0 Å². The Balaban J connectivity index is 2.16. The predicted octanol–water partition coefficient (Wildman–Crippen LogP) is 3.75. The van der Waals surface area contributed by atoms with Crippen molar-refractivity contribution >= 4 is 0 Å². The van der Waals surface area contributed by atoms with E-state index >= 15 is 0 Å². The highest BCUT2D eigenvalue weighted by atomic mass is 16.7. The Hall–Kier alpha value is -0.860. The maximum atomic E-state index is 6.10. The number of hydrogen-bond acceptors (Lipinski definition) is 2. The first kappa shape index (κ1) is 12.6. The van der Waals surface area contributed by atoms with Crippen LogP contribution < -0.4 is 0 Å². The van der Waals surface area contributed by atoms with Gasteiger partial charge in [-0.2, -0.15) is 0 Å². The van der Waals surface area contributed by atoms with Crippen LogP contribution in [-0.2, 0) is 9.47 Å². The van der Waals surface area contributed by atoms with Crippen molar-refractivity contribution in [2.24, 2.45) is 0 Å². The van der Waals surface area contributed by atoms with Crippen molar-refractivity contribution in [3.8, 4) is 0 Å². The van der Waals surface area contributed by atoms with Crippen molar-refractivity contribution in [2.75, 3.05) is 0 Å². The van der Waals surface area contributed by atoms with Gasteiger partial charge in [0.25, 0.3) is 0 Å². The molecule has 0 aromatic carbocycles. The third-order valence-corrected chi connectivity index (χ3v) is 3.63. The first-order chi connectivity index (χ1) is 7.89. The first-order valence-corrected chi connectivity index (χ1v) is 6.24. The monoisotopic (exact) mass is 234 g/mol. The zero-order chi connectivity index (χ0) is 12.7. The summed E-state index contributed by atoms with van der Waals surface area (Å²) in [6, 6.07) is 0. The lowest BCUT2D eigenvalue weighted by atomic mass is 9.99. The molecular formula is C15H22O2. The van der Waals surface area contributed by atoms with Crippen LogP contribution in [0.5, 0.6) is 0 Å². The van der Waals surface area contributed by atoms with Crippen molar-refractivity contribution in [3.63, 3.8) is 0 Å². The molecule has 0 aromatic heterocycles. The molecule has 2 rings (SSSR count). The molecule has 0 N–H and O–H groups in total. The SMILES string of the molecule is C=C[C@]1(C)CC[C@]2(O[C@H](C=C(C)C)CC2=C)O1. The van der Waals surface area contributed by atoms with E-state index in [4.69, 9.17) is 9.47 Å². The van der Waals surface area contributed by atoms with Crippen molar-refractivity contribution in [1.82, 2.24) is 0 Å². The van der Waals surface area contributed by atoms with Gasteiger partial charge in [0.15, 0.2) is 5.79 Å². The van der Waals surface area contributed by atoms with Crippen LogP contribution >= 0.6 is 0 Å². The summed E-state index contributed by atoms with van der Waals surface area (Å²) in [4.78, 5) is 0. The molecule has 0 bridgehead atoms. The summed E-state index contributed by atoms with van der Waals surface area (Å²) in [5.41, 5.74) is 2.05. The molecule has 2 nitrogen and oxygen atoms in total. The van der Waals surface area contributed by atoms with Crippen LogP contribution in [0.4, 0.5) is 0 Å². The fourth-order valence-corrected chi connectivity index (χ4v) is 2.60. The minimum Gasteiger partial charge on any atom is -0.338 e. The van der Waals surface area contributed by atoms with Crippen LogP contribution in [0.1, 0.15) is 40.0 Å². The van der Waals surface area contributed by atoms with Gasteiger partial charge in [0.1, 0.15) is 0 Å². The highest BCUT2D eigenvalue weighted by Gasteiger charge is 2.52. The molecule has 0 aliphatic carbocycles. The van der Waals surface area contributed by atoms with Crippen molar-refractivity contribution in [2.45, 2.75) is 57.5 Å². The minimum absolute atomic E-state index is 0.111. The summed E-state index contributed by atoms with van der Waals surface area (Å²) < 4.78 is 12.2. The second kappa shape index (κ2) is 4.11. The lowest BCUT2D eigenvalue weighted by Crippen LogP contribution is -2.33. The molecule has 2 heterocycles. The van der Waals surface area contributed by atoms with Gasteiger partial charge < -0.3 is 9.47 Å². The Morgan fingerprint density at radius 1 is 1.41 bits per heavy atom. The lowest BCUT2D eigenvalue weighted by Gasteiger charge is -2.28. The van der Waals surface area contributed by atoms with Gasteiger partial charge in [0.05, 0.1) is 11.7 Å². The molecule has 94 valence electrons. The van der Waals surface area contributed by atoms with Crippen LogP contribution in [0, 0.1) is 0 Å². The van der Waals surface area contributed by atoms with Crippen LogP contribution in [0.25, 0.3) is 0 Å². The van der Waals surface area contributed by atoms with Gasteiger partial charge in [0.2, 0.25) is 0 Å². The predicted molar refractivity (Wildman–Crippen MR) is 69.7 cm³/mol. The molecule has 17 heavy (non-hydrogen) atoms. The van der Waals surface area contributed by atoms with Crippen LogP contribution in [0.2, 0.25) is 0 Å². The number of ether oxygens (including phenoxy) is 2. The fourth-order valence-electron chi connectivity index (χ4n) is 2.60. The number of allylic oxidation sites excluding steroid dienone is 1. The first-order valence-electron chi connectivity index (χ1n) is 6.24. The standard InChI is InChI=1S/C15H22O2/c1-6-14(5)7-8-15(17-14)12(4)10-13(16-15)9-11(2)3/h6,9,13H,1,4,7-8,10H2,2-3,5H3/t13-,14-,15+/m1/s1. The summed E-state index contributed by atoms with van der Waals surface area (Å²) in [7, 11) is 0. The summed E-state index contributed by atoms with van der Waals surface area (Å²) >= 11 is 0. The normalized spacial score (nSPS) is 40.9. The Bertz CT molecular complexity index is 378. The Labute approximate surface area is 104 Å². The van der Waals surface area contributed by atoms with E-state index in [1.807, 2.05) is 6.08 Å². The van der Waals surface area contributed by atoms with E-state index in [1.165, 1.54) is 5.57 Å². The molecule has 2 fully saturated rings. The van der Waals surface area contributed by atoms with Crippen molar-refractivity contribution in [3.05, 3.63) is 36.5 Å². The second-order valence-electron chi connectivity index (χ2n) is 5.58. The molecule has 2 aliphatic heterocycles. The summed E-state index contributed by atoms with van der Waals surface area (Å²) in [6.07, 6.45) is 6.80. The molecule has 0 amide bonds. The van der Waals surface area contributed by atoms with Crippen LogP contribution in [0.15, 0.2) is 36.5 Å². The Morgan fingerprint density at radius 3 is 2.65 bits per heavy atom. The highest BCUT2D eigenvalue weighted by Crippen LogP contribution is 2.49. The van der Waals surface area contributed by atoms with Gasteiger partial charge in [-0.05, 0) is 32.8 Å². The summed E-state index contributed by atoms with van der Waals surface area (Å²) in [6.45, 7) is 14.2. The second-order valence-corrected chi connectivity index (χ2v) is 5.58. The maximum absolute atomic E-state index is 6.10. The zero-order valence-corrected chi connectivity index (χ0v) is 11.1. The summed E-state index contributed by atoms with van der Waals surface area (Å²) in [5.74, 6) is -0.570. The van der Waals surface area contributed by atoms with E-state index in [-0.39, 0.29) is 11.7 Å². The number of hydrogen-bond donors (Lipinski definition) is 0. The van der Waals surface area contributed by atoms with E-state index in [0.717, 1.165) is 24.8 Å². The molecule has 0 aromatic rings. The average Bonchev–Trinajstić information content (AvgIpc) is 2.70. The highest BCUT2D eigenvalue weighted by molar-refractivity contribution is 5.23. The number of rotatable bonds is 2. The largest absolute Gasteiger partial charge is 0.338 e. The third kappa shape index (κ3) is 2.24. The molecule has 2 aliphatic rings. The molecular weight excluding hydrogens is 212 g/mol. The Kier molecular flexibility index (Phi) is 3.04. The molecule has 0 radical (unpaired) electrons. The minimum atomic E-state index is -0.570. The van der Waals surface area contributed by atoms with Gasteiger partial charge >= 0.3 is 0 Å². The Morgan fingerprint density at radius 2 is 2.12 bits per heavy atom. The molecule has 2 saturated heterocycles. The van der Waals surface area contributed by atoms with E-state index in [9.17, 15) is 0 Å². The average molecular weight is 234 g/mol. The molecule has 1 spiro atoms. The maximum Gasteiger partial charge on any atom is 0.192 e. The van der Waals surface area contributed by atoms with Crippen molar-refractivity contribution < 1.29 is 9.47 Å². The van der Waals surface area contributed by atoms with Gasteiger partial charge in [-0.25, -0.2) is 0 Å². The fraction of sp³-hybridized carbons (Fsp3) is 0.600. The van der Waals surface area contributed by atoms with Gasteiger partial charge in [0, 0.05) is 12.8 Å². The molecule has 0 unspecified atom stereocenters. The van der Waals surface area contributed by atoms with Gasteiger partial charge in [-0.3, -0.25) is 0 Å². The van der Waals surface area contributed by atoms with Gasteiger partial charge in [-0.1, -0.05) is 24.3 Å². The van der Waals surface area contributed by atoms with E-state index < -0.39 is 5.79 Å². The summed E-state index contributed by atoms with van der Waals surface area (Å²) in [5, 5.41) is 0. The van der Waals surface area contributed by atoms with E-state index in [1.54, 1.807) is 0 Å². The molecule has 0 saturated carbocycles. The van der Waals surface area contributed by atoms with E-state index in [2.05, 4.69) is 40.0 Å². The van der Waals surface area contributed by atoms with Crippen LogP contribution in [-0.4, -0.2) is 17.5 Å². The smallest absolute Gasteiger partial charge is 0.192 e. The van der Waals surface area contributed by atoms with Gasteiger partial charge in [-0.15, -0.1) is 6.58 Å². The van der Waals surface area contributed by atoms with Crippen LogP contribution in [0.3, 0.4) is 0 Å².